The lowest BCUT2D eigenvalue weighted by Gasteiger charge is -2.23. The molecular formula is C19H26N2O. The third kappa shape index (κ3) is 3.11. The highest BCUT2D eigenvalue weighted by molar-refractivity contribution is 5.87. The Morgan fingerprint density at radius 2 is 2.09 bits per heavy atom. The van der Waals surface area contributed by atoms with Crippen molar-refractivity contribution in [1.82, 2.24) is 10.2 Å². The maximum Gasteiger partial charge on any atom is 0.123 e. The first kappa shape index (κ1) is 15.3. The fraction of sp³-hybridized carbons (Fsp3) is 0.474. The summed E-state index contributed by atoms with van der Waals surface area (Å²) in [6, 6.07) is 13.4. The van der Waals surface area contributed by atoms with E-state index in [2.05, 4.69) is 53.5 Å². The number of likely N-dealkylation sites (tertiary alicyclic amines) is 1. The monoisotopic (exact) mass is 298 g/mol. The van der Waals surface area contributed by atoms with Gasteiger partial charge in [0.2, 0.25) is 0 Å². The van der Waals surface area contributed by atoms with Gasteiger partial charge in [-0.3, -0.25) is 4.90 Å². The molecule has 1 N–H and O–H groups in total. The van der Waals surface area contributed by atoms with E-state index in [-0.39, 0.29) is 0 Å². The summed E-state index contributed by atoms with van der Waals surface area (Å²) in [7, 11) is 1.75. The maximum atomic E-state index is 5.57. The summed E-state index contributed by atoms with van der Waals surface area (Å²) in [4.78, 5) is 2.58. The molecular weight excluding hydrogens is 272 g/mol. The molecule has 1 fully saturated rings. The summed E-state index contributed by atoms with van der Waals surface area (Å²) in [6.07, 6.45) is 2.64. The Labute approximate surface area is 133 Å². The zero-order valence-corrected chi connectivity index (χ0v) is 13.6. The number of ether oxygens (including phenoxy) is 1. The first-order valence-corrected chi connectivity index (χ1v) is 8.33. The SMILES string of the molecule is CCN1CCC[C@H]1CNCc1c(OC)ccc2ccccc12. The number of hydrogen-bond acceptors (Lipinski definition) is 3. The van der Waals surface area contributed by atoms with Crippen LogP contribution in [0.1, 0.15) is 25.3 Å². The molecule has 118 valence electrons. The first-order chi connectivity index (χ1) is 10.8. The highest BCUT2D eigenvalue weighted by Gasteiger charge is 2.22. The van der Waals surface area contributed by atoms with E-state index in [9.17, 15) is 0 Å². The Balaban J connectivity index is 1.73. The van der Waals surface area contributed by atoms with Crippen LogP contribution in [0.5, 0.6) is 5.75 Å². The Morgan fingerprint density at radius 3 is 2.91 bits per heavy atom. The summed E-state index contributed by atoms with van der Waals surface area (Å²) in [5, 5.41) is 6.21. The predicted octanol–water partition coefficient (Wildman–Crippen LogP) is 3.42. The van der Waals surface area contributed by atoms with Gasteiger partial charge in [-0.2, -0.15) is 0 Å². The molecule has 0 radical (unpaired) electrons. The summed E-state index contributed by atoms with van der Waals surface area (Å²) < 4.78 is 5.57. The molecule has 0 spiro atoms. The highest BCUT2D eigenvalue weighted by atomic mass is 16.5. The third-order valence-electron chi connectivity index (χ3n) is 4.80. The van der Waals surface area contributed by atoms with Crippen LogP contribution in [0.3, 0.4) is 0 Å². The zero-order valence-electron chi connectivity index (χ0n) is 13.6. The number of nitrogens with zero attached hydrogens (tertiary/aromatic N) is 1. The Bertz CT molecular complexity index is 626. The molecule has 0 bridgehead atoms. The predicted molar refractivity (Wildman–Crippen MR) is 92.5 cm³/mol. The average Bonchev–Trinajstić information content (AvgIpc) is 3.02. The van der Waals surface area contributed by atoms with Crippen molar-refractivity contribution >= 4 is 10.8 Å². The van der Waals surface area contributed by atoms with Crippen LogP contribution in [0.15, 0.2) is 36.4 Å². The summed E-state index contributed by atoms with van der Waals surface area (Å²) in [6.45, 7) is 6.58. The second kappa shape index (κ2) is 7.12. The number of rotatable bonds is 6. The summed E-state index contributed by atoms with van der Waals surface area (Å²) in [5.41, 5.74) is 1.27. The lowest BCUT2D eigenvalue weighted by atomic mass is 10.0. The van der Waals surface area contributed by atoms with Gasteiger partial charge in [-0.25, -0.2) is 0 Å². The number of hydrogen-bond donors (Lipinski definition) is 1. The molecule has 1 aliphatic heterocycles. The Kier molecular flexibility index (Phi) is 4.96. The largest absolute Gasteiger partial charge is 0.496 e. The molecule has 1 heterocycles. The minimum atomic E-state index is 0.686. The van der Waals surface area contributed by atoms with E-state index in [0.29, 0.717) is 6.04 Å². The second-order valence-corrected chi connectivity index (χ2v) is 6.02. The molecule has 0 aromatic heterocycles. The fourth-order valence-corrected chi connectivity index (χ4v) is 3.60. The van der Waals surface area contributed by atoms with Crippen molar-refractivity contribution in [2.45, 2.75) is 32.4 Å². The molecule has 0 unspecified atom stereocenters. The minimum Gasteiger partial charge on any atom is -0.496 e. The first-order valence-electron chi connectivity index (χ1n) is 8.33. The second-order valence-electron chi connectivity index (χ2n) is 6.02. The van der Waals surface area contributed by atoms with Crippen LogP contribution in [0.25, 0.3) is 10.8 Å². The van der Waals surface area contributed by atoms with Crippen LogP contribution in [-0.4, -0.2) is 37.7 Å². The number of benzene rings is 2. The van der Waals surface area contributed by atoms with Crippen molar-refractivity contribution in [3.05, 3.63) is 42.0 Å². The lowest BCUT2D eigenvalue weighted by Crippen LogP contribution is -2.37. The molecule has 2 aromatic carbocycles. The molecule has 0 amide bonds. The number of nitrogens with one attached hydrogen (secondary N) is 1. The topological polar surface area (TPSA) is 24.5 Å². The van der Waals surface area contributed by atoms with Gasteiger partial charge in [0.15, 0.2) is 0 Å². The molecule has 1 saturated heterocycles. The van der Waals surface area contributed by atoms with Crippen molar-refractivity contribution in [2.24, 2.45) is 0 Å². The van der Waals surface area contributed by atoms with Gasteiger partial charge in [0.05, 0.1) is 7.11 Å². The van der Waals surface area contributed by atoms with E-state index in [1.165, 1.54) is 35.7 Å². The maximum absolute atomic E-state index is 5.57. The quantitative estimate of drug-likeness (QED) is 0.884. The van der Waals surface area contributed by atoms with Crippen molar-refractivity contribution in [1.29, 1.82) is 0 Å². The van der Waals surface area contributed by atoms with E-state index in [1.54, 1.807) is 7.11 Å². The van der Waals surface area contributed by atoms with E-state index < -0.39 is 0 Å². The zero-order chi connectivity index (χ0) is 15.4. The van der Waals surface area contributed by atoms with Crippen LogP contribution in [-0.2, 0) is 6.54 Å². The number of likely N-dealkylation sites (N-methyl/N-ethyl adjacent to an activating group) is 1. The fourth-order valence-electron chi connectivity index (χ4n) is 3.60. The minimum absolute atomic E-state index is 0.686. The standard InChI is InChI=1S/C19H26N2O/c1-3-21-12-6-8-16(21)13-20-14-18-17-9-5-4-7-15(17)10-11-19(18)22-2/h4-5,7,9-11,16,20H,3,6,8,12-14H2,1-2H3/t16-/m0/s1. The van der Waals surface area contributed by atoms with Crippen molar-refractivity contribution in [3.63, 3.8) is 0 Å². The van der Waals surface area contributed by atoms with Gasteiger partial charge in [0, 0.05) is 24.7 Å². The molecule has 3 heteroatoms. The van der Waals surface area contributed by atoms with Crippen molar-refractivity contribution in [3.8, 4) is 5.75 Å². The van der Waals surface area contributed by atoms with Gasteiger partial charge in [-0.05, 0) is 42.8 Å². The molecule has 2 aromatic rings. The number of methoxy groups -OCH3 is 1. The van der Waals surface area contributed by atoms with Crippen LogP contribution in [0.4, 0.5) is 0 Å². The summed E-state index contributed by atoms with van der Waals surface area (Å²) in [5.74, 6) is 0.977. The molecule has 3 rings (SSSR count). The van der Waals surface area contributed by atoms with Crippen molar-refractivity contribution in [2.75, 3.05) is 26.7 Å². The Hall–Kier alpha value is -1.58. The van der Waals surface area contributed by atoms with Crippen LogP contribution in [0.2, 0.25) is 0 Å². The van der Waals surface area contributed by atoms with Crippen LogP contribution < -0.4 is 10.1 Å². The van der Waals surface area contributed by atoms with E-state index in [1.807, 2.05) is 0 Å². The molecule has 1 aliphatic rings. The highest BCUT2D eigenvalue weighted by Crippen LogP contribution is 2.28. The van der Waals surface area contributed by atoms with Gasteiger partial charge < -0.3 is 10.1 Å². The molecule has 1 atom stereocenters. The van der Waals surface area contributed by atoms with Gasteiger partial charge in [0.1, 0.15) is 5.75 Å². The van der Waals surface area contributed by atoms with Gasteiger partial charge in [-0.15, -0.1) is 0 Å². The molecule has 3 nitrogen and oxygen atoms in total. The average molecular weight is 298 g/mol. The number of fused-ring (bicyclic) bond motifs is 1. The van der Waals surface area contributed by atoms with Gasteiger partial charge >= 0.3 is 0 Å². The van der Waals surface area contributed by atoms with Crippen LogP contribution >= 0.6 is 0 Å². The van der Waals surface area contributed by atoms with Gasteiger partial charge in [0.25, 0.3) is 0 Å². The lowest BCUT2D eigenvalue weighted by molar-refractivity contribution is 0.259. The Morgan fingerprint density at radius 1 is 1.23 bits per heavy atom. The smallest absolute Gasteiger partial charge is 0.123 e. The van der Waals surface area contributed by atoms with E-state index >= 15 is 0 Å². The van der Waals surface area contributed by atoms with Crippen LogP contribution in [0, 0.1) is 0 Å². The normalized spacial score (nSPS) is 18.9. The molecule has 0 aliphatic carbocycles. The van der Waals surface area contributed by atoms with E-state index in [0.717, 1.165) is 25.4 Å². The summed E-state index contributed by atoms with van der Waals surface area (Å²) >= 11 is 0. The third-order valence-corrected chi connectivity index (χ3v) is 4.80. The van der Waals surface area contributed by atoms with E-state index in [4.69, 9.17) is 4.74 Å². The van der Waals surface area contributed by atoms with Crippen molar-refractivity contribution < 1.29 is 4.74 Å². The molecule has 0 saturated carbocycles. The van der Waals surface area contributed by atoms with Gasteiger partial charge in [-0.1, -0.05) is 37.3 Å². The molecule has 22 heavy (non-hydrogen) atoms.